The van der Waals surface area contributed by atoms with Crippen LogP contribution in [0.25, 0.3) is 0 Å². The molecule has 0 aromatic rings. The second kappa shape index (κ2) is 10.2. The zero-order chi connectivity index (χ0) is 14.0. The zero-order valence-electron chi connectivity index (χ0n) is 10.6. The molecule has 2 atom stereocenters. The van der Waals surface area contributed by atoms with Crippen molar-refractivity contribution in [3.8, 4) is 0 Å². The quantitative estimate of drug-likeness (QED) is 0.567. The third-order valence-corrected chi connectivity index (χ3v) is 4.10. The van der Waals surface area contributed by atoms with Gasteiger partial charge in [-0.2, -0.15) is 11.8 Å². The monoisotopic (exact) mass is 296 g/mol. The third-order valence-electron chi connectivity index (χ3n) is 2.15. The average Bonchev–Trinajstić information content (AvgIpc) is 2.33. The normalized spacial score (nSPS) is 13.7. The lowest BCUT2D eigenvalue weighted by Gasteiger charge is -2.14. The van der Waals surface area contributed by atoms with Crippen LogP contribution >= 0.6 is 11.8 Å². The van der Waals surface area contributed by atoms with Crippen LogP contribution in [0.15, 0.2) is 0 Å². The third kappa shape index (κ3) is 8.35. The topological polar surface area (TPSA) is 95.5 Å². The molecule has 2 amide bonds. The molecule has 3 N–H and O–H groups in total. The predicted octanol–water partition coefficient (Wildman–Crippen LogP) is 0.261. The van der Waals surface area contributed by atoms with E-state index in [0.29, 0.717) is 23.7 Å². The van der Waals surface area contributed by atoms with E-state index in [0.717, 1.165) is 0 Å². The first-order valence-corrected chi connectivity index (χ1v) is 8.50. The molecule has 0 aliphatic rings. The SMILES string of the molecule is CCS(=O)CCNC(=O)N[C@H](CCSC)C(=O)O. The van der Waals surface area contributed by atoms with Crippen molar-refractivity contribution in [2.75, 3.05) is 30.1 Å². The fourth-order valence-electron chi connectivity index (χ4n) is 1.13. The van der Waals surface area contributed by atoms with Crippen molar-refractivity contribution >= 4 is 34.6 Å². The predicted molar refractivity (Wildman–Crippen MR) is 74.5 cm³/mol. The number of carbonyl (C=O) groups is 2. The Hall–Kier alpha value is -0.760. The molecule has 0 aliphatic heterocycles. The van der Waals surface area contributed by atoms with Gasteiger partial charge in [-0.3, -0.25) is 4.21 Å². The van der Waals surface area contributed by atoms with Crippen molar-refractivity contribution < 1.29 is 18.9 Å². The first-order valence-electron chi connectivity index (χ1n) is 5.62. The summed E-state index contributed by atoms with van der Waals surface area (Å²) in [5.74, 6) is 0.551. The van der Waals surface area contributed by atoms with Crippen LogP contribution in [0.3, 0.4) is 0 Å². The number of urea groups is 1. The maximum absolute atomic E-state index is 11.4. The van der Waals surface area contributed by atoms with E-state index in [-0.39, 0.29) is 6.54 Å². The molecule has 0 spiro atoms. The second-order valence-electron chi connectivity index (χ2n) is 3.51. The first-order chi connectivity index (χ1) is 8.51. The summed E-state index contributed by atoms with van der Waals surface area (Å²) in [7, 11) is -0.932. The highest BCUT2D eigenvalue weighted by Crippen LogP contribution is 2.00. The summed E-state index contributed by atoms with van der Waals surface area (Å²) >= 11 is 1.52. The number of carboxylic acid groups (broad SMARTS) is 1. The van der Waals surface area contributed by atoms with Crippen LogP contribution in [0.4, 0.5) is 4.79 Å². The lowest BCUT2D eigenvalue weighted by molar-refractivity contribution is -0.139. The Kier molecular flexibility index (Phi) is 9.76. The van der Waals surface area contributed by atoms with E-state index in [2.05, 4.69) is 10.6 Å². The number of aliphatic carboxylic acids is 1. The number of nitrogens with one attached hydrogen (secondary N) is 2. The molecule has 0 fully saturated rings. The smallest absolute Gasteiger partial charge is 0.326 e. The molecule has 0 heterocycles. The number of hydrogen-bond acceptors (Lipinski definition) is 4. The number of hydrogen-bond donors (Lipinski definition) is 3. The van der Waals surface area contributed by atoms with Crippen LogP contribution < -0.4 is 10.6 Å². The van der Waals surface area contributed by atoms with Crippen LogP contribution in [0.2, 0.25) is 0 Å². The summed E-state index contributed by atoms with van der Waals surface area (Å²) in [6, 6.07) is -1.41. The summed E-state index contributed by atoms with van der Waals surface area (Å²) in [4.78, 5) is 22.3. The highest BCUT2D eigenvalue weighted by molar-refractivity contribution is 7.98. The number of carbonyl (C=O) groups excluding carboxylic acids is 1. The molecule has 0 rings (SSSR count). The van der Waals surface area contributed by atoms with Gasteiger partial charge in [-0.15, -0.1) is 0 Å². The summed E-state index contributed by atoms with van der Waals surface area (Å²) in [6.07, 6.45) is 2.25. The average molecular weight is 296 g/mol. The van der Waals surface area contributed by atoms with Crippen molar-refractivity contribution in [1.29, 1.82) is 0 Å². The summed E-state index contributed by atoms with van der Waals surface area (Å²) in [6.45, 7) is 2.08. The molecule has 0 aliphatic carbocycles. The molecule has 0 aromatic heterocycles. The minimum atomic E-state index is -1.05. The maximum atomic E-state index is 11.4. The summed E-state index contributed by atoms with van der Waals surface area (Å²) in [5, 5.41) is 13.8. The molecular weight excluding hydrogens is 276 g/mol. The number of rotatable bonds is 9. The fraction of sp³-hybridized carbons (Fsp3) is 0.800. The van der Waals surface area contributed by atoms with Crippen molar-refractivity contribution in [3.63, 3.8) is 0 Å². The molecule has 0 radical (unpaired) electrons. The Morgan fingerprint density at radius 1 is 1.44 bits per heavy atom. The van der Waals surface area contributed by atoms with Gasteiger partial charge in [-0.1, -0.05) is 6.92 Å². The Labute approximate surface area is 114 Å². The Balaban J connectivity index is 3.94. The van der Waals surface area contributed by atoms with E-state index in [4.69, 9.17) is 5.11 Å². The molecule has 1 unspecified atom stereocenters. The van der Waals surface area contributed by atoms with Crippen LogP contribution in [0.1, 0.15) is 13.3 Å². The number of amides is 2. The molecule has 0 saturated carbocycles. The van der Waals surface area contributed by atoms with Crippen LogP contribution in [-0.4, -0.2) is 57.4 Å². The van der Waals surface area contributed by atoms with Gasteiger partial charge in [0.1, 0.15) is 6.04 Å². The first kappa shape index (κ1) is 17.2. The van der Waals surface area contributed by atoms with Crippen molar-refractivity contribution in [3.05, 3.63) is 0 Å². The van der Waals surface area contributed by atoms with Gasteiger partial charge in [0.15, 0.2) is 0 Å². The van der Waals surface area contributed by atoms with Gasteiger partial charge in [0.25, 0.3) is 0 Å². The lowest BCUT2D eigenvalue weighted by atomic mass is 10.2. The Bertz CT molecular complexity index is 300. The number of thioether (sulfide) groups is 1. The molecular formula is C10H20N2O4S2. The van der Waals surface area contributed by atoms with Crippen LogP contribution in [-0.2, 0) is 15.6 Å². The minimum Gasteiger partial charge on any atom is -0.480 e. The highest BCUT2D eigenvalue weighted by Gasteiger charge is 2.18. The lowest BCUT2D eigenvalue weighted by Crippen LogP contribution is -2.47. The zero-order valence-corrected chi connectivity index (χ0v) is 12.2. The van der Waals surface area contributed by atoms with E-state index in [1.807, 2.05) is 6.26 Å². The van der Waals surface area contributed by atoms with E-state index in [9.17, 15) is 13.8 Å². The van der Waals surface area contributed by atoms with Gasteiger partial charge in [0.2, 0.25) is 0 Å². The molecule has 0 saturated heterocycles. The van der Waals surface area contributed by atoms with Crippen molar-refractivity contribution in [2.45, 2.75) is 19.4 Å². The Morgan fingerprint density at radius 3 is 2.61 bits per heavy atom. The van der Waals surface area contributed by atoms with Gasteiger partial charge in [-0.25, -0.2) is 9.59 Å². The van der Waals surface area contributed by atoms with Gasteiger partial charge >= 0.3 is 12.0 Å². The molecule has 6 nitrogen and oxygen atoms in total. The second-order valence-corrected chi connectivity index (χ2v) is 6.36. The summed E-state index contributed by atoms with van der Waals surface area (Å²) < 4.78 is 11.1. The van der Waals surface area contributed by atoms with Gasteiger partial charge in [-0.05, 0) is 18.4 Å². The molecule has 8 heteroatoms. The van der Waals surface area contributed by atoms with E-state index < -0.39 is 28.8 Å². The van der Waals surface area contributed by atoms with Crippen molar-refractivity contribution in [2.24, 2.45) is 0 Å². The van der Waals surface area contributed by atoms with Gasteiger partial charge in [0.05, 0.1) is 0 Å². The van der Waals surface area contributed by atoms with Gasteiger partial charge < -0.3 is 15.7 Å². The van der Waals surface area contributed by atoms with E-state index in [1.54, 1.807) is 6.92 Å². The highest BCUT2D eigenvalue weighted by atomic mass is 32.2. The van der Waals surface area contributed by atoms with E-state index >= 15 is 0 Å². The molecule has 106 valence electrons. The van der Waals surface area contributed by atoms with Crippen LogP contribution in [0.5, 0.6) is 0 Å². The standard InChI is InChI=1S/C10H20N2O4S2/c1-3-18(16)7-5-11-10(15)12-8(9(13)14)4-6-17-2/h8H,3-7H2,1-2H3,(H,13,14)(H2,11,12,15)/t8-,18?/m1/s1. The number of carboxylic acids is 1. The van der Waals surface area contributed by atoms with Crippen LogP contribution in [0, 0.1) is 0 Å². The van der Waals surface area contributed by atoms with Crippen molar-refractivity contribution in [1.82, 2.24) is 10.6 Å². The Morgan fingerprint density at radius 2 is 2.11 bits per heavy atom. The fourth-order valence-corrected chi connectivity index (χ4v) is 2.21. The van der Waals surface area contributed by atoms with E-state index in [1.165, 1.54) is 11.8 Å². The maximum Gasteiger partial charge on any atom is 0.326 e. The molecule has 18 heavy (non-hydrogen) atoms. The largest absolute Gasteiger partial charge is 0.480 e. The minimum absolute atomic E-state index is 0.279. The van der Waals surface area contributed by atoms with Gasteiger partial charge in [0, 0.05) is 28.9 Å². The molecule has 0 bridgehead atoms. The summed E-state index contributed by atoms with van der Waals surface area (Å²) in [5.41, 5.74) is 0. The molecule has 0 aromatic carbocycles.